The standard InChI is InChI=1S/C21H27NO/c1-3-5-7-8-9-18-10-15-21(22-17-18)19-11-13-20(14-12-19)23-16-6-4-2/h4,6,10-15,17H,3,5,7-9,16H2,1-2H3/b6-4+. The van der Waals surface area contributed by atoms with Gasteiger partial charge in [-0.2, -0.15) is 0 Å². The van der Waals surface area contributed by atoms with E-state index in [0.29, 0.717) is 6.61 Å². The number of aromatic nitrogens is 1. The molecule has 23 heavy (non-hydrogen) atoms. The van der Waals surface area contributed by atoms with Crippen molar-refractivity contribution in [1.29, 1.82) is 0 Å². The van der Waals surface area contributed by atoms with E-state index in [1.54, 1.807) is 0 Å². The molecule has 0 aliphatic carbocycles. The maximum Gasteiger partial charge on any atom is 0.119 e. The summed E-state index contributed by atoms with van der Waals surface area (Å²) in [5.74, 6) is 0.888. The fourth-order valence-corrected chi connectivity index (χ4v) is 2.46. The van der Waals surface area contributed by atoms with Crippen molar-refractivity contribution in [3.8, 4) is 17.0 Å². The first kappa shape index (κ1) is 17.3. The summed E-state index contributed by atoms with van der Waals surface area (Å²) in [5, 5.41) is 0. The van der Waals surface area contributed by atoms with Gasteiger partial charge in [0.15, 0.2) is 0 Å². The molecule has 122 valence electrons. The number of unbranched alkanes of at least 4 members (excludes halogenated alkanes) is 3. The molecule has 1 aromatic heterocycles. The summed E-state index contributed by atoms with van der Waals surface area (Å²) >= 11 is 0. The van der Waals surface area contributed by atoms with Gasteiger partial charge in [-0.3, -0.25) is 4.98 Å². The zero-order chi connectivity index (χ0) is 16.3. The first-order valence-corrected chi connectivity index (χ1v) is 8.62. The highest BCUT2D eigenvalue weighted by Crippen LogP contribution is 2.21. The predicted molar refractivity (Wildman–Crippen MR) is 97.8 cm³/mol. The summed E-state index contributed by atoms with van der Waals surface area (Å²) < 4.78 is 5.61. The molecule has 2 rings (SSSR count). The Morgan fingerprint density at radius 1 is 1.00 bits per heavy atom. The summed E-state index contributed by atoms with van der Waals surface area (Å²) in [6.07, 6.45) is 12.3. The monoisotopic (exact) mass is 309 g/mol. The van der Waals surface area contributed by atoms with Gasteiger partial charge in [0.25, 0.3) is 0 Å². The Labute approximate surface area is 140 Å². The van der Waals surface area contributed by atoms with Crippen LogP contribution in [0.5, 0.6) is 5.75 Å². The zero-order valence-electron chi connectivity index (χ0n) is 14.3. The summed E-state index contributed by atoms with van der Waals surface area (Å²) in [6.45, 7) is 4.85. The SMILES string of the molecule is C/C=C/COc1ccc(-c2ccc(CCCCCC)cn2)cc1. The Balaban J connectivity index is 1.91. The summed E-state index contributed by atoms with van der Waals surface area (Å²) in [5.41, 5.74) is 3.47. The highest BCUT2D eigenvalue weighted by atomic mass is 16.5. The van der Waals surface area contributed by atoms with E-state index in [1.807, 2.05) is 37.4 Å². The second kappa shape index (κ2) is 9.83. The van der Waals surface area contributed by atoms with Gasteiger partial charge in [-0.1, -0.05) is 44.4 Å². The van der Waals surface area contributed by atoms with Gasteiger partial charge in [0.1, 0.15) is 12.4 Å². The van der Waals surface area contributed by atoms with Crippen molar-refractivity contribution < 1.29 is 4.74 Å². The largest absolute Gasteiger partial charge is 0.490 e. The van der Waals surface area contributed by atoms with E-state index in [1.165, 1.54) is 31.2 Å². The van der Waals surface area contributed by atoms with Crippen LogP contribution in [0, 0.1) is 0 Å². The molecular weight excluding hydrogens is 282 g/mol. The molecule has 0 fully saturated rings. The molecular formula is C21H27NO. The van der Waals surface area contributed by atoms with Gasteiger partial charge in [0.2, 0.25) is 0 Å². The maximum absolute atomic E-state index is 5.61. The lowest BCUT2D eigenvalue weighted by Gasteiger charge is -2.06. The number of allylic oxidation sites excluding steroid dienone is 1. The molecule has 2 nitrogen and oxygen atoms in total. The second-order valence-electron chi connectivity index (χ2n) is 5.77. The van der Waals surface area contributed by atoms with Crippen molar-refractivity contribution in [1.82, 2.24) is 4.98 Å². The van der Waals surface area contributed by atoms with Crippen LogP contribution in [0.2, 0.25) is 0 Å². The Morgan fingerprint density at radius 3 is 2.48 bits per heavy atom. The molecule has 2 aromatic rings. The minimum absolute atomic E-state index is 0.612. The van der Waals surface area contributed by atoms with Gasteiger partial charge in [-0.25, -0.2) is 0 Å². The molecule has 0 unspecified atom stereocenters. The number of nitrogens with zero attached hydrogens (tertiary/aromatic N) is 1. The third-order valence-corrected chi connectivity index (χ3v) is 3.88. The van der Waals surface area contributed by atoms with E-state index in [4.69, 9.17) is 4.74 Å². The van der Waals surface area contributed by atoms with Crippen LogP contribution in [0.3, 0.4) is 0 Å². The summed E-state index contributed by atoms with van der Waals surface area (Å²) in [7, 11) is 0. The molecule has 0 atom stereocenters. The number of benzene rings is 1. The van der Waals surface area contributed by atoms with E-state index in [0.717, 1.165) is 23.4 Å². The quantitative estimate of drug-likeness (QED) is 0.429. The lowest BCUT2D eigenvalue weighted by molar-refractivity contribution is 0.363. The number of ether oxygens (including phenoxy) is 1. The average Bonchev–Trinajstić information content (AvgIpc) is 2.60. The fourth-order valence-electron chi connectivity index (χ4n) is 2.46. The minimum atomic E-state index is 0.612. The predicted octanol–water partition coefficient (Wildman–Crippen LogP) is 5.83. The smallest absolute Gasteiger partial charge is 0.119 e. The summed E-state index contributed by atoms with van der Waals surface area (Å²) in [6, 6.07) is 12.4. The van der Waals surface area contributed by atoms with Crippen LogP contribution in [-0.2, 0) is 6.42 Å². The van der Waals surface area contributed by atoms with Crippen LogP contribution in [-0.4, -0.2) is 11.6 Å². The number of hydrogen-bond acceptors (Lipinski definition) is 2. The highest BCUT2D eigenvalue weighted by molar-refractivity contribution is 5.60. The Bertz CT molecular complexity index is 584. The van der Waals surface area contributed by atoms with Crippen molar-refractivity contribution in [3.05, 3.63) is 60.3 Å². The molecule has 1 heterocycles. The minimum Gasteiger partial charge on any atom is -0.490 e. The van der Waals surface area contributed by atoms with Gasteiger partial charge in [-0.15, -0.1) is 0 Å². The van der Waals surface area contributed by atoms with Crippen LogP contribution >= 0.6 is 0 Å². The highest BCUT2D eigenvalue weighted by Gasteiger charge is 2.01. The molecule has 2 heteroatoms. The Kier molecular flexibility index (Phi) is 7.38. The van der Waals surface area contributed by atoms with Gasteiger partial charge >= 0.3 is 0 Å². The van der Waals surface area contributed by atoms with Crippen molar-refractivity contribution in [2.24, 2.45) is 0 Å². The molecule has 0 saturated heterocycles. The molecule has 0 amide bonds. The van der Waals surface area contributed by atoms with Gasteiger partial charge < -0.3 is 4.74 Å². The van der Waals surface area contributed by atoms with Gasteiger partial charge in [-0.05, 0) is 55.7 Å². The van der Waals surface area contributed by atoms with Gasteiger partial charge in [0.05, 0.1) is 5.69 Å². The van der Waals surface area contributed by atoms with E-state index in [2.05, 4.69) is 36.2 Å². The van der Waals surface area contributed by atoms with E-state index >= 15 is 0 Å². The van der Waals surface area contributed by atoms with E-state index < -0.39 is 0 Å². The van der Waals surface area contributed by atoms with Crippen LogP contribution in [0.15, 0.2) is 54.7 Å². The molecule has 0 saturated carbocycles. The van der Waals surface area contributed by atoms with E-state index in [9.17, 15) is 0 Å². The van der Waals surface area contributed by atoms with Crippen LogP contribution in [0.25, 0.3) is 11.3 Å². The Hall–Kier alpha value is -2.09. The molecule has 0 bridgehead atoms. The van der Waals surface area contributed by atoms with Crippen molar-refractivity contribution >= 4 is 0 Å². The average molecular weight is 309 g/mol. The lowest BCUT2D eigenvalue weighted by Crippen LogP contribution is -1.93. The topological polar surface area (TPSA) is 22.1 Å². The molecule has 0 aliphatic heterocycles. The van der Waals surface area contributed by atoms with Crippen LogP contribution < -0.4 is 4.74 Å². The molecule has 0 N–H and O–H groups in total. The number of pyridine rings is 1. The van der Waals surface area contributed by atoms with Crippen molar-refractivity contribution in [2.45, 2.75) is 46.0 Å². The van der Waals surface area contributed by atoms with Gasteiger partial charge in [0, 0.05) is 11.8 Å². The summed E-state index contributed by atoms with van der Waals surface area (Å²) in [4.78, 5) is 4.60. The normalized spacial score (nSPS) is 11.0. The molecule has 0 radical (unpaired) electrons. The van der Waals surface area contributed by atoms with Crippen LogP contribution in [0.4, 0.5) is 0 Å². The molecule has 1 aromatic carbocycles. The van der Waals surface area contributed by atoms with E-state index in [-0.39, 0.29) is 0 Å². The molecule has 0 spiro atoms. The Morgan fingerprint density at radius 2 is 1.83 bits per heavy atom. The van der Waals surface area contributed by atoms with Crippen molar-refractivity contribution in [3.63, 3.8) is 0 Å². The number of hydrogen-bond donors (Lipinski definition) is 0. The first-order chi connectivity index (χ1) is 11.3. The van der Waals surface area contributed by atoms with Crippen LogP contribution in [0.1, 0.15) is 45.1 Å². The van der Waals surface area contributed by atoms with Crippen molar-refractivity contribution in [2.75, 3.05) is 6.61 Å². The lowest BCUT2D eigenvalue weighted by atomic mass is 10.1. The maximum atomic E-state index is 5.61. The molecule has 0 aliphatic rings. The second-order valence-corrected chi connectivity index (χ2v) is 5.77. The fraction of sp³-hybridized carbons (Fsp3) is 0.381. The first-order valence-electron chi connectivity index (χ1n) is 8.62. The number of rotatable bonds is 9. The number of aryl methyl sites for hydroxylation is 1. The third kappa shape index (κ3) is 5.90. The zero-order valence-corrected chi connectivity index (χ0v) is 14.3. The third-order valence-electron chi connectivity index (χ3n) is 3.88.